The van der Waals surface area contributed by atoms with Crippen LogP contribution in [0.3, 0.4) is 0 Å². The molecule has 0 saturated heterocycles. The van der Waals surface area contributed by atoms with Crippen LogP contribution in [0.4, 0.5) is 4.79 Å². The fraction of sp³-hybridized carbons (Fsp3) is 0.867. The van der Waals surface area contributed by atoms with Crippen molar-refractivity contribution in [2.24, 2.45) is 0 Å². The van der Waals surface area contributed by atoms with E-state index in [0.717, 1.165) is 38.4 Å². The van der Waals surface area contributed by atoms with Gasteiger partial charge in [0.2, 0.25) is 0 Å². The fourth-order valence-electron chi connectivity index (χ4n) is 2.62. The highest BCUT2D eigenvalue weighted by Gasteiger charge is 2.34. The topological polar surface area (TPSA) is 46.6 Å². The molecule has 19 heavy (non-hydrogen) atoms. The average Bonchev–Trinajstić information content (AvgIpc) is 2.79. The van der Waals surface area contributed by atoms with E-state index >= 15 is 0 Å². The van der Waals surface area contributed by atoms with Crippen molar-refractivity contribution in [3.05, 3.63) is 0 Å². The molecule has 1 atom stereocenters. The molecule has 1 unspecified atom stereocenters. The molecule has 0 aromatic heterocycles. The Morgan fingerprint density at radius 3 is 2.37 bits per heavy atom. The Balaban J connectivity index is 2.83. The van der Waals surface area contributed by atoms with Gasteiger partial charge in [0.25, 0.3) is 0 Å². The molecule has 4 heteroatoms. The lowest BCUT2D eigenvalue weighted by atomic mass is 10.1. The first-order valence-corrected chi connectivity index (χ1v) is 7.35. The molecule has 0 aromatic carbocycles. The van der Waals surface area contributed by atoms with E-state index in [1.807, 2.05) is 27.7 Å². The van der Waals surface area contributed by atoms with Crippen LogP contribution in [0, 0.1) is 0 Å². The zero-order chi connectivity index (χ0) is 14.5. The van der Waals surface area contributed by atoms with Gasteiger partial charge in [-0.05, 0) is 40.0 Å². The molecular weight excluding hydrogens is 242 g/mol. The highest BCUT2D eigenvalue weighted by molar-refractivity contribution is 5.74. The second-order valence-electron chi connectivity index (χ2n) is 6.32. The number of hydrogen-bond acceptors (Lipinski definition) is 3. The number of ether oxygens (including phenoxy) is 1. The lowest BCUT2D eigenvalue weighted by molar-refractivity contribution is -0.113. The molecule has 4 nitrogen and oxygen atoms in total. The minimum Gasteiger partial charge on any atom is -0.444 e. The normalized spacial score (nSPS) is 18.1. The molecule has 1 fully saturated rings. The third-order valence-corrected chi connectivity index (χ3v) is 3.42. The van der Waals surface area contributed by atoms with Crippen molar-refractivity contribution < 1.29 is 14.3 Å². The molecule has 1 aliphatic carbocycles. The maximum Gasteiger partial charge on any atom is 0.411 e. The molecule has 0 aromatic rings. The summed E-state index contributed by atoms with van der Waals surface area (Å²) in [7, 11) is 0. The van der Waals surface area contributed by atoms with Gasteiger partial charge in [0.1, 0.15) is 11.9 Å². The van der Waals surface area contributed by atoms with E-state index in [2.05, 4.69) is 0 Å². The van der Waals surface area contributed by atoms with Crippen molar-refractivity contribution in [2.75, 3.05) is 0 Å². The van der Waals surface area contributed by atoms with Gasteiger partial charge in [0.05, 0.1) is 6.04 Å². The number of aldehydes is 1. The number of nitrogens with zero attached hydrogens (tertiary/aromatic N) is 1. The van der Waals surface area contributed by atoms with E-state index in [-0.39, 0.29) is 18.2 Å². The van der Waals surface area contributed by atoms with Crippen molar-refractivity contribution in [2.45, 2.75) is 83.9 Å². The summed E-state index contributed by atoms with van der Waals surface area (Å²) in [6, 6.07) is -0.181. The summed E-state index contributed by atoms with van der Waals surface area (Å²) in [6.45, 7) is 7.59. The smallest absolute Gasteiger partial charge is 0.411 e. The molecule has 0 aliphatic heterocycles. The second-order valence-corrected chi connectivity index (χ2v) is 6.32. The van der Waals surface area contributed by atoms with Gasteiger partial charge >= 0.3 is 6.09 Å². The molecule has 1 amide bonds. The van der Waals surface area contributed by atoms with Crippen LogP contribution < -0.4 is 0 Å². The predicted molar refractivity (Wildman–Crippen MR) is 75.1 cm³/mol. The summed E-state index contributed by atoms with van der Waals surface area (Å²) in [5.74, 6) is 0. The third kappa shape index (κ3) is 4.84. The van der Waals surface area contributed by atoms with Crippen molar-refractivity contribution >= 4 is 12.4 Å². The van der Waals surface area contributed by atoms with Crippen LogP contribution >= 0.6 is 0 Å². The molecule has 1 rings (SSSR count). The SMILES string of the molecule is CCCC(C=O)N(C(=O)OC(C)(C)C)C1CCCC1. The summed E-state index contributed by atoms with van der Waals surface area (Å²) in [5.41, 5.74) is -0.520. The number of rotatable bonds is 5. The Hall–Kier alpha value is -1.06. The van der Waals surface area contributed by atoms with Crippen LogP contribution in [-0.2, 0) is 9.53 Å². The molecule has 0 N–H and O–H groups in total. The molecule has 1 aliphatic rings. The van der Waals surface area contributed by atoms with E-state index in [4.69, 9.17) is 4.74 Å². The van der Waals surface area contributed by atoms with Crippen LogP contribution in [0.2, 0.25) is 0 Å². The highest BCUT2D eigenvalue weighted by Crippen LogP contribution is 2.27. The third-order valence-electron chi connectivity index (χ3n) is 3.42. The van der Waals surface area contributed by atoms with E-state index in [0.29, 0.717) is 6.42 Å². The molecule has 110 valence electrons. The van der Waals surface area contributed by atoms with E-state index in [9.17, 15) is 9.59 Å². The fourth-order valence-corrected chi connectivity index (χ4v) is 2.62. The van der Waals surface area contributed by atoms with Crippen molar-refractivity contribution in [3.63, 3.8) is 0 Å². The van der Waals surface area contributed by atoms with Gasteiger partial charge in [0.15, 0.2) is 0 Å². The molecule has 0 spiro atoms. The van der Waals surface area contributed by atoms with Crippen LogP contribution in [0.15, 0.2) is 0 Å². The molecular formula is C15H27NO3. The maximum absolute atomic E-state index is 12.4. The standard InChI is InChI=1S/C15H27NO3/c1-5-8-13(11-17)16(12-9-6-7-10-12)14(18)19-15(2,3)4/h11-13H,5-10H2,1-4H3. The van der Waals surface area contributed by atoms with Gasteiger partial charge in [0, 0.05) is 6.04 Å². The van der Waals surface area contributed by atoms with Gasteiger partial charge in [-0.1, -0.05) is 26.2 Å². The van der Waals surface area contributed by atoms with Gasteiger partial charge in [-0.2, -0.15) is 0 Å². The van der Waals surface area contributed by atoms with Gasteiger partial charge < -0.3 is 9.53 Å². The van der Waals surface area contributed by atoms with Crippen LogP contribution in [0.5, 0.6) is 0 Å². The van der Waals surface area contributed by atoms with E-state index in [1.165, 1.54) is 0 Å². The number of hydrogen-bond donors (Lipinski definition) is 0. The Labute approximate surface area is 116 Å². The van der Waals surface area contributed by atoms with Crippen molar-refractivity contribution in [1.82, 2.24) is 4.90 Å². The van der Waals surface area contributed by atoms with Crippen LogP contribution in [0.1, 0.15) is 66.2 Å². The second kappa shape index (κ2) is 6.92. The monoisotopic (exact) mass is 269 g/mol. The summed E-state index contributed by atoms with van der Waals surface area (Å²) in [4.78, 5) is 25.4. The number of amides is 1. The summed E-state index contributed by atoms with van der Waals surface area (Å²) >= 11 is 0. The number of carbonyl (C=O) groups is 2. The quantitative estimate of drug-likeness (QED) is 0.717. The molecule has 0 bridgehead atoms. The van der Waals surface area contributed by atoms with E-state index in [1.54, 1.807) is 4.90 Å². The van der Waals surface area contributed by atoms with Gasteiger partial charge in [-0.3, -0.25) is 4.90 Å². The minimum atomic E-state index is -0.520. The first-order chi connectivity index (χ1) is 8.89. The van der Waals surface area contributed by atoms with E-state index < -0.39 is 5.60 Å². The van der Waals surface area contributed by atoms with Crippen molar-refractivity contribution in [3.8, 4) is 0 Å². The van der Waals surface area contributed by atoms with Crippen molar-refractivity contribution in [1.29, 1.82) is 0 Å². The van der Waals surface area contributed by atoms with Crippen LogP contribution in [0.25, 0.3) is 0 Å². The molecule has 0 heterocycles. The molecule has 0 radical (unpaired) electrons. The molecule has 1 saturated carbocycles. The Kier molecular flexibility index (Phi) is 5.83. The maximum atomic E-state index is 12.4. The Morgan fingerprint density at radius 1 is 1.37 bits per heavy atom. The first kappa shape index (κ1) is 16.0. The lowest BCUT2D eigenvalue weighted by Gasteiger charge is -2.35. The largest absolute Gasteiger partial charge is 0.444 e. The summed E-state index contributed by atoms with van der Waals surface area (Å²) in [5, 5.41) is 0. The lowest BCUT2D eigenvalue weighted by Crippen LogP contribution is -2.49. The Morgan fingerprint density at radius 2 is 1.95 bits per heavy atom. The van der Waals surface area contributed by atoms with Gasteiger partial charge in [-0.25, -0.2) is 4.79 Å². The summed E-state index contributed by atoms with van der Waals surface area (Å²) in [6.07, 6.45) is 6.36. The van der Waals surface area contributed by atoms with Crippen LogP contribution in [-0.4, -0.2) is 35.0 Å². The summed E-state index contributed by atoms with van der Waals surface area (Å²) < 4.78 is 5.47. The zero-order valence-electron chi connectivity index (χ0n) is 12.6. The van der Waals surface area contributed by atoms with Gasteiger partial charge in [-0.15, -0.1) is 0 Å². The minimum absolute atomic E-state index is 0.164. The predicted octanol–water partition coefficient (Wildman–Crippen LogP) is 3.53. The highest BCUT2D eigenvalue weighted by atomic mass is 16.6. The average molecular weight is 269 g/mol. The first-order valence-electron chi connectivity index (χ1n) is 7.35. The number of carbonyl (C=O) groups excluding carboxylic acids is 2. The zero-order valence-corrected chi connectivity index (χ0v) is 12.6. The Bertz CT molecular complexity index is 303.